The SMILES string of the molecule is C[C@]12CC[C@]3(F)[C@@H](CCC4=CC(=O)C(C(=O)O)C[C@@]43C)[C@@H]1CCC2(O)OC(=O)C(Cl)Cl. The van der Waals surface area contributed by atoms with Crippen molar-refractivity contribution in [1.29, 1.82) is 0 Å². The van der Waals surface area contributed by atoms with Crippen molar-refractivity contribution in [3.05, 3.63) is 11.6 Å². The Morgan fingerprint density at radius 3 is 2.48 bits per heavy atom. The number of aliphatic hydroxyl groups is 1. The summed E-state index contributed by atoms with van der Waals surface area (Å²) in [6.07, 6.45) is 3.21. The Bertz CT molecular complexity index is 876. The number of ketones is 1. The molecule has 0 saturated heterocycles. The summed E-state index contributed by atoms with van der Waals surface area (Å²) in [5.74, 6) is -6.39. The second-order valence-corrected chi connectivity index (χ2v) is 11.2. The molecule has 0 radical (unpaired) electrons. The van der Waals surface area contributed by atoms with E-state index >= 15 is 4.39 Å². The maximum absolute atomic E-state index is 17.0. The van der Waals surface area contributed by atoms with Crippen LogP contribution in [0.5, 0.6) is 0 Å². The molecule has 2 unspecified atom stereocenters. The third kappa shape index (κ3) is 3.02. The maximum atomic E-state index is 17.0. The van der Waals surface area contributed by atoms with Gasteiger partial charge < -0.3 is 14.9 Å². The number of hydrogen-bond donors (Lipinski definition) is 2. The first-order valence-corrected chi connectivity index (χ1v) is 11.6. The Morgan fingerprint density at radius 1 is 1.19 bits per heavy atom. The molecular formula is C22H27Cl2FO6. The summed E-state index contributed by atoms with van der Waals surface area (Å²) in [4.78, 5) is 34.5. The van der Waals surface area contributed by atoms with E-state index in [0.717, 1.165) is 0 Å². The third-order valence-corrected chi connectivity index (χ3v) is 9.31. The fraction of sp³-hybridized carbons (Fsp3) is 0.773. The molecule has 0 bridgehead atoms. The maximum Gasteiger partial charge on any atom is 0.341 e. The molecule has 4 rings (SSSR count). The lowest BCUT2D eigenvalue weighted by Crippen LogP contribution is -2.64. The van der Waals surface area contributed by atoms with Crippen molar-refractivity contribution in [2.75, 3.05) is 0 Å². The molecule has 6 nitrogen and oxygen atoms in total. The minimum atomic E-state index is -1.79. The molecule has 0 spiro atoms. The van der Waals surface area contributed by atoms with Crippen LogP contribution in [0.3, 0.4) is 0 Å². The summed E-state index contributed by atoms with van der Waals surface area (Å²) in [5.41, 5.74) is -2.97. The zero-order chi connectivity index (χ0) is 23.0. The Balaban J connectivity index is 1.69. The lowest BCUT2D eigenvalue weighted by molar-refractivity contribution is -0.271. The molecule has 3 saturated carbocycles. The van der Waals surface area contributed by atoms with Gasteiger partial charge in [0.15, 0.2) is 5.78 Å². The highest BCUT2D eigenvalue weighted by molar-refractivity contribution is 6.52. The molecular weight excluding hydrogens is 450 g/mol. The van der Waals surface area contributed by atoms with Crippen molar-refractivity contribution in [3.8, 4) is 0 Å². The summed E-state index contributed by atoms with van der Waals surface area (Å²) in [7, 11) is 0. The zero-order valence-electron chi connectivity index (χ0n) is 17.5. The molecule has 0 amide bonds. The van der Waals surface area contributed by atoms with Crippen LogP contribution >= 0.6 is 23.2 Å². The Kier molecular flexibility index (Phi) is 5.31. The molecule has 0 aliphatic heterocycles. The van der Waals surface area contributed by atoms with Crippen LogP contribution in [0.25, 0.3) is 0 Å². The van der Waals surface area contributed by atoms with Gasteiger partial charge in [0, 0.05) is 17.3 Å². The smallest absolute Gasteiger partial charge is 0.341 e. The Morgan fingerprint density at radius 2 is 1.87 bits per heavy atom. The van der Waals surface area contributed by atoms with Crippen LogP contribution in [0.4, 0.5) is 4.39 Å². The molecule has 4 aliphatic rings. The molecule has 0 aromatic rings. The van der Waals surface area contributed by atoms with Crippen LogP contribution in [0.15, 0.2) is 11.6 Å². The number of carbonyl (C=O) groups excluding carboxylic acids is 2. The average Bonchev–Trinajstić information content (AvgIpc) is 2.93. The standard InChI is InChI=1S/C22H27Cl2FO6/c1-19-7-8-21(25)14(13(19)5-6-22(19,30)31-18(29)16(23)24)4-3-11-9-15(26)12(17(27)28)10-20(11,21)2/h9,12-14,16,30H,3-8,10H2,1-2H3,(H,27,28)/t12?,13-,14-,19-,20-,21-,22?/m0/s1. The summed E-state index contributed by atoms with van der Waals surface area (Å²) in [6, 6.07) is 0. The molecule has 4 aliphatic carbocycles. The summed E-state index contributed by atoms with van der Waals surface area (Å²) >= 11 is 11.2. The van der Waals surface area contributed by atoms with Gasteiger partial charge in [0.2, 0.25) is 10.6 Å². The van der Waals surface area contributed by atoms with Crippen molar-refractivity contribution >= 4 is 40.9 Å². The van der Waals surface area contributed by atoms with Gasteiger partial charge in [0.25, 0.3) is 0 Å². The van der Waals surface area contributed by atoms with E-state index < -0.39 is 56.7 Å². The van der Waals surface area contributed by atoms with Crippen LogP contribution in [0.1, 0.15) is 58.8 Å². The number of aliphatic carboxylic acids is 1. The molecule has 7 atom stereocenters. The Hall–Kier alpha value is -1.18. The van der Waals surface area contributed by atoms with Crippen molar-refractivity contribution in [3.63, 3.8) is 0 Å². The van der Waals surface area contributed by atoms with Crippen LogP contribution in [-0.4, -0.2) is 44.2 Å². The fourth-order valence-corrected chi connectivity index (χ4v) is 7.18. The van der Waals surface area contributed by atoms with Crippen molar-refractivity contribution < 1.29 is 33.7 Å². The monoisotopic (exact) mass is 476 g/mol. The highest BCUT2D eigenvalue weighted by Crippen LogP contribution is 2.70. The average molecular weight is 477 g/mol. The number of ether oxygens (including phenoxy) is 1. The lowest BCUT2D eigenvalue weighted by atomic mass is 9.45. The van der Waals surface area contributed by atoms with E-state index in [4.69, 9.17) is 27.9 Å². The molecule has 0 aromatic heterocycles. The van der Waals surface area contributed by atoms with E-state index in [2.05, 4.69) is 0 Å². The number of halogens is 3. The highest BCUT2D eigenvalue weighted by Gasteiger charge is 2.72. The number of alkyl halides is 3. The van der Waals surface area contributed by atoms with Gasteiger partial charge in [-0.2, -0.15) is 0 Å². The Labute approximate surface area is 190 Å². The predicted molar refractivity (Wildman–Crippen MR) is 110 cm³/mol. The van der Waals surface area contributed by atoms with Gasteiger partial charge in [-0.3, -0.25) is 9.59 Å². The van der Waals surface area contributed by atoms with E-state index in [1.807, 2.05) is 6.92 Å². The van der Waals surface area contributed by atoms with E-state index in [-0.39, 0.29) is 31.6 Å². The lowest BCUT2D eigenvalue weighted by Gasteiger charge is -2.62. The van der Waals surface area contributed by atoms with Crippen molar-refractivity contribution in [2.45, 2.75) is 75.1 Å². The number of carboxylic acid groups (broad SMARTS) is 1. The fourth-order valence-electron chi connectivity index (χ4n) is 7.09. The van der Waals surface area contributed by atoms with E-state index in [1.54, 1.807) is 6.92 Å². The molecule has 0 heterocycles. The van der Waals surface area contributed by atoms with E-state index in [1.165, 1.54) is 6.08 Å². The second kappa shape index (κ2) is 7.16. The highest BCUT2D eigenvalue weighted by atomic mass is 35.5. The number of allylic oxidation sites excluding steroid dienone is 1. The van der Waals surface area contributed by atoms with E-state index in [9.17, 15) is 24.6 Å². The topological polar surface area (TPSA) is 101 Å². The number of carboxylic acids is 1. The first-order chi connectivity index (χ1) is 14.3. The van der Waals surface area contributed by atoms with Crippen LogP contribution in [-0.2, 0) is 19.1 Å². The van der Waals surface area contributed by atoms with Gasteiger partial charge in [-0.15, -0.1) is 0 Å². The van der Waals surface area contributed by atoms with Crippen LogP contribution in [0.2, 0.25) is 0 Å². The van der Waals surface area contributed by atoms with Gasteiger partial charge in [-0.1, -0.05) is 42.6 Å². The normalized spacial score (nSPS) is 46.6. The first-order valence-electron chi connectivity index (χ1n) is 10.7. The number of hydrogen-bond acceptors (Lipinski definition) is 5. The van der Waals surface area contributed by atoms with Gasteiger partial charge in [-0.05, 0) is 56.4 Å². The second-order valence-electron chi connectivity index (χ2n) is 10.1. The van der Waals surface area contributed by atoms with E-state index in [0.29, 0.717) is 24.8 Å². The van der Waals surface area contributed by atoms with Gasteiger partial charge in [-0.25, -0.2) is 9.18 Å². The molecule has 9 heteroatoms. The van der Waals surface area contributed by atoms with Crippen molar-refractivity contribution in [1.82, 2.24) is 0 Å². The summed E-state index contributed by atoms with van der Waals surface area (Å²) in [5, 5.41) is 20.8. The minimum Gasteiger partial charge on any atom is -0.481 e. The predicted octanol–water partition coefficient (Wildman–Crippen LogP) is 3.96. The van der Waals surface area contributed by atoms with Crippen LogP contribution in [0, 0.1) is 28.6 Å². The molecule has 172 valence electrons. The number of esters is 1. The summed E-state index contributed by atoms with van der Waals surface area (Å²) in [6.45, 7) is 3.55. The quantitative estimate of drug-likeness (QED) is 0.276. The largest absolute Gasteiger partial charge is 0.481 e. The van der Waals surface area contributed by atoms with Crippen LogP contribution < -0.4 is 0 Å². The number of rotatable bonds is 3. The van der Waals surface area contributed by atoms with Gasteiger partial charge in [0.1, 0.15) is 11.6 Å². The number of carbonyl (C=O) groups is 3. The summed E-state index contributed by atoms with van der Waals surface area (Å²) < 4.78 is 22.3. The molecule has 0 aromatic carbocycles. The van der Waals surface area contributed by atoms with Gasteiger partial charge >= 0.3 is 11.9 Å². The van der Waals surface area contributed by atoms with Gasteiger partial charge in [0.05, 0.1) is 0 Å². The zero-order valence-corrected chi connectivity index (χ0v) is 19.0. The minimum absolute atomic E-state index is 0.0666. The molecule has 3 fully saturated rings. The molecule has 2 N–H and O–H groups in total. The first kappa shape index (κ1) is 23.0. The number of fused-ring (bicyclic) bond motifs is 5. The third-order valence-electron chi connectivity index (χ3n) is 8.96. The molecule has 31 heavy (non-hydrogen) atoms. The van der Waals surface area contributed by atoms with Crippen molar-refractivity contribution in [2.24, 2.45) is 28.6 Å².